The second-order valence-electron chi connectivity index (χ2n) is 10.3. The molecule has 2 amide bonds. The molecule has 2 aliphatic heterocycles. The highest BCUT2D eigenvalue weighted by atomic mass is 16.2. The van der Waals surface area contributed by atoms with Gasteiger partial charge in [-0.3, -0.25) is 14.6 Å². The molecule has 1 aromatic heterocycles. The van der Waals surface area contributed by atoms with Crippen molar-refractivity contribution < 1.29 is 9.59 Å². The summed E-state index contributed by atoms with van der Waals surface area (Å²) >= 11 is 0. The molecule has 6 nitrogen and oxygen atoms in total. The van der Waals surface area contributed by atoms with Crippen molar-refractivity contribution in [3.63, 3.8) is 0 Å². The molecule has 0 radical (unpaired) electrons. The van der Waals surface area contributed by atoms with E-state index in [-0.39, 0.29) is 23.1 Å². The van der Waals surface area contributed by atoms with Crippen LogP contribution >= 0.6 is 0 Å². The standard InChI is InChI=1S/C26H34N4O2/c1-26(2,3)15-24(31)29-13-10-20(11-14-29)19-6-8-22(9-7-19)28-25(32)21-17-30(18-21)23-5-4-12-27-16-23/h4-9,12,16,20-21H,10-11,13-15,17-18H2,1-3H3,(H,28,32). The van der Waals surface area contributed by atoms with Crippen LogP contribution in [0.25, 0.3) is 0 Å². The third-order valence-corrected chi connectivity index (χ3v) is 6.44. The summed E-state index contributed by atoms with van der Waals surface area (Å²) in [6.45, 7) is 9.43. The van der Waals surface area contributed by atoms with Crippen LogP contribution in [0.15, 0.2) is 48.8 Å². The van der Waals surface area contributed by atoms with Crippen molar-refractivity contribution in [1.29, 1.82) is 0 Å². The van der Waals surface area contributed by atoms with E-state index in [0.717, 1.165) is 50.4 Å². The molecule has 1 N–H and O–H groups in total. The SMILES string of the molecule is CC(C)(C)CC(=O)N1CCC(c2ccc(NC(=O)C3CN(c4cccnc4)C3)cc2)CC1. The summed E-state index contributed by atoms with van der Waals surface area (Å²) in [5.41, 5.74) is 3.23. The quantitative estimate of drug-likeness (QED) is 0.762. The van der Waals surface area contributed by atoms with Crippen molar-refractivity contribution in [3.8, 4) is 0 Å². The van der Waals surface area contributed by atoms with Crippen LogP contribution in [0.1, 0.15) is 51.5 Å². The molecular formula is C26H34N4O2. The lowest BCUT2D eigenvalue weighted by molar-refractivity contribution is -0.134. The Hall–Kier alpha value is -2.89. The lowest BCUT2D eigenvalue weighted by atomic mass is 9.87. The van der Waals surface area contributed by atoms with Gasteiger partial charge in [0, 0.05) is 44.5 Å². The first kappa shape index (κ1) is 22.3. The van der Waals surface area contributed by atoms with Crippen LogP contribution in [0, 0.1) is 11.3 Å². The van der Waals surface area contributed by atoms with Gasteiger partial charge in [-0.1, -0.05) is 32.9 Å². The van der Waals surface area contributed by atoms with Crippen LogP contribution in [0.4, 0.5) is 11.4 Å². The Morgan fingerprint density at radius 3 is 2.34 bits per heavy atom. The molecule has 32 heavy (non-hydrogen) atoms. The van der Waals surface area contributed by atoms with E-state index in [4.69, 9.17) is 0 Å². The summed E-state index contributed by atoms with van der Waals surface area (Å²) in [6.07, 6.45) is 6.18. The van der Waals surface area contributed by atoms with Gasteiger partial charge in [-0.2, -0.15) is 0 Å². The van der Waals surface area contributed by atoms with Crippen LogP contribution in [0.3, 0.4) is 0 Å². The minimum absolute atomic E-state index is 0.00449. The highest BCUT2D eigenvalue weighted by molar-refractivity contribution is 5.94. The Bertz CT molecular complexity index is 923. The van der Waals surface area contributed by atoms with Gasteiger partial charge in [0.1, 0.15) is 0 Å². The Morgan fingerprint density at radius 2 is 1.75 bits per heavy atom. The van der Waals surface area contributed by atoms with Crippen LogP contribution < -0.4 is 10.2 Å². The van der Waals surface area contributed by atoms with Crippen LogP contribution in [0.5, 0.6) is 0 Å². The molecule has 2 fully saturated rings. The van der Waals surface area contributed by atoms with Crippen LogP contribution in [-0.2, 0) is 9.59 Å². The second-order valence-corrected chi connectivity index (χ2v) is 10.3. The van der Waals surface area contributed by atoms with E-state index in [1.807, 2.05) is 35.4 Å². The molecule has 2 aliphatic rings. The fourth-order valence-electron chi connectivity index (χ4n) is 4.51. The van der Waals surface area contributed by atoms with E-state index in [2.05, 4.69) is 48.1 Å². The number of carbonyl (C=O) groups excluding carboxylic acids is 2. The Morgan fingerprint density at radius 1 is 1.06 bits per heavy atom. The zero-order valence-corrected chi connectivity index (χ0v) is 19.4. The third-order valence-electron chi connectivity index (χ3n) is 6.44. The molecule has 3 heterocycles. The number of benzene rings is 1. The van der Waals surface area contributed by atoms with E-state index >= 15 is 0 Å². The summed E-state index contributed by atoms with van der Waals surface area (Å²) in [5.74, 6) is 0.818. The van der Waals surface area contributed by atoms with E-state index in [0.29, 0.717) is 12.3 Å². The molecule has 0 aliphatic carbocycles. The number of carbonyl (C=O) groups is 2. The Balaban J connectivity index is 1.24. The highest BCUT2D eigenvalue weighted by Crippen LogP contribution is 2.31. The van der Waals surface area contributed by atoms with Crippen molar-refractivity contribution in [2.45, 2.75) is 46.0 Å². The molecular weight excluding hydrogens is 400 g/mol. The van der Waals surface area contributed by atoms with E-state index < -0.39 is 0 Å². The predicted octanol–water partition coefficient (Wildman–Crippen LogP) is 4.30. The zero-order chi connectivity index (χ0) is 22.7. The smallest absolute Gasteiger partial charge is 0.231 e. The minimum Gasteiger partial charge on any atom is -0.369 e. The van der Waals surface area contributed by atoms with E-state index in [9.17, 15) is 9.59 Å². The fraction of sp³-hybridized carbons (Fsp3) is 0.500. The third kappa shape index (κ3) is 5.47. The number of amides is 2. The summed E-state index contributed by atoms with van der Waals surface area (Å²) in [5, 5.41) is 3.06. The Labute approximate surface area is 191 Å². The van der Waals surface area contributed by atoms with Gasteiger partial charge in [-0.05, 0) is 54.0 Å². The average Bonchev–Trinajstić information content (AvgIpc) is 2.73. The number of pyridine rings is 1. The lowest BCUT2D eigenvalue weighted by Gasteiger charge is -2.39. The largest absolute Gasteiger partial charge is 0.369 e. The maximum atomic E-state index is 12.6. The molecule has 2 aromatic rings. The Kier molecular flexibility index (Phi) is 6.49. The van der Waals surface area contributed by atoms with Gasteiger partial charge in [0.2, 0.25) is 11.8 Å². The van der Waals surface area contributed by atoms with Gasteiger partial charge in [0.25, 0.3) is 0 Å². The van der Waals surface area contributed by atoms with Crippen molar-refractivity contribution in [1.82, 2.24) is 9.88 Å². The number of likely N-dealkylation sites (tertiary alicyclic amines) is 1. The normalized spacial score (nSPS) is 17.7. The molecule has 2 saturated heterocycles. The lowest BCUT2D eigenvalue weighted by Crippen LogP contribution is -2.52. The number of nitrogens with one attached hydrogen (secondary N) is 1. The van der Waals surface area contributed by atoms with Crippen molar-refractivity contribution in [2.75, 3.05) is 36.4 Å². The summed E-state index contributed by atoms with van der Waals surface area (Å²) < 4.78 is 0. The molecule has 0 saturated carbocycles. The molecule has 0 atom stereocenters. The highest BCUT2D eigenvalue weighted by Gasteiger charge is 2.33. The van der Waals surface area contributed by atoms with Gasteiger partial charge in [-0.25, -0.2) is 0 Å². The molecule has 6 heteroatoms. The number of rotatable bonds is 5. The van der Waals surface area contributed by atoms with Gasteiger partial charge in [0.05, 0.1) is 17.8 Å². The first-order valence-electron chi connectivity index (χ1n) is 11.6. The monoisotopic (exact) mass is 434 g/mol. The number of nitrogens with zero attached hydrogens (tertiary/aromatic N) is 3. The topological polar surface area (TPSA) is 65.5 Å². The fourth-order valence-corrected chi connectivity index (χ4v) is 4.51. The second kappa shape index (κ2) is 9.31. The summed E-state index contributed by atoms with van der Waals surface area (Å²) in [6, 6.07) is 12.2. The number of aromatic nitrogens is 1. The zero-order valence-electron chi connectivity index (χ0n) is 19.4. The van der Waals surface area contributed by atoms with E-state index in [1.54, 1.807) is 6.20 Å². The molecule has 0 bridgehead atoms. The van der Waals surface area contributed by atoms with Gasteiger partial charge in [-0.15, -0.1) is 0 Å². The first-order valence-corrected chi connectivity index (χ1v) is 11.6. The summed E-state index contributed by atoms with van der Waals surface area (Å²) in [4.78, 5) is 33.4. The van der Waals surface area contributed by atoms with Gasteiger partial charge >= 0.3 is 0 Å². The number of hydrogen-bond donors (Lipinski definition) is 1. The molecule has 170 valence electrons. The van der Waals surface area contributed by atoms with Crippen molar-refractivity contribution in [3.05, 3.63) is 54.4 Å². The van der Waals surface area contributed by atoms with Gasteiger partial charge < -0.3 is 15.1 Å². The number of piperidine rings is 1. The number of anilines is 2. The maximum Gasteiger partial charge on any atom is 0.231 e. The summed E-state index contributed by atoms with van der Waals surface area (Å²) in [7, 11) is 0. The molecule has 4 rings (SSSR count). The predicted molar refractivity (Wildman–Crippen MR) is 128 cm³/mol. The van der Waals surface area contributed by atoms with Crippen LogP contribution in [0.2, 0.25) is 0 Å². The minimum atomic E-state index is 0.00449. The van der Waals surface area contributed by atoms with Gasteiger partial charge in [0.15, 0.2) is 0 Å². The van der Waals surface area contributed by atoms with Crippen LogP contribution in [-0.4, -0.2) is 47.9 Å². The van der Waals surface area contributed by atoms with Crippen molar-refractivity contribution >= 4 is 23.2 Å². The molecule has 0 unspecified atom stereocenters. The number of hydrogen-bond acceptors (Lipinski definition) is 4. The average molecular weight is 435 g/mol. The maximum absolute atomic E-state index is 12.6. The van der Waals surface area contributed by atoms with Crippen molar-refractivity contribution in [2.24, 2.45) is 11.3 Å². The van der Waals surface area contributed by atoms with E-state index in [1.165, 1.54) is 5.56 Å². The first-order chi connectivity index (χ1) is 15.3. The molecule has 0 spiro atoms. The molecule has 1 aromatic carbocycles.